The predicted octanol–water partition coefficient (Wildman–Crippen LogP) is -1.31. The Hall–Kier alpha value is -1.83. The van der Waals surface area contributed by atoms with Gasteiger partial charge in [-0.2, -0.15) is 0 Å². The molecule has 0 fully saturated rings. The third kappa shape index (κ3) is 64.4. The largest absolute Gasteiger partial charge is 3.00 e. The number of hydrogen-bond acceptors (Lipinski definition) is 6. The number of carbonyl (C=O) groups is 3. The van der Waals surface area contributed by atoms with Crippen LogP contribution < -0.4 is 15.3 Å². The molecule has 0 saturated heterocycles. The molecule has 0 radical (unpaired) electrons. The molecule has 130 valence electrons. The maximum Gasteiger partial charge on any atom is 3.00 e. The zero-order valence-electron chi connectivity index (χ0n) is 14.1. The van der Waals surface area contributed by atoms with Gasteiger partial charge in [0, 0.05) is 0 Å². The van der Waals surface area contributed by atoms with Crippen LogP contribution in [0, 0.1) is 0 Å². The Bertz CT molecular complexity index is 370. The molecular weight excluding hydrogens is 343 g/mol. The summed E-state index contributed by atoms with van der Waals surface area (Å²) >= 11 is 0. The van der Waals surface area contributed by atoms with E-state index in [0.717, 1.165) is 18.2 Å². The van der Waals surface area contributed by atoms with Gasteiger partial charge in [-0.1, -0.05) is 20.8 Å². The summed E-state index contributed by atoms with van der Waals surface area (Å²) < 4.78 is 0. The monoisotopic (exact) mass is 366 g/mol. The number of ketones is 3. The van der Waals surface area contributed by atoms with Crippen molar-refractivity contribution in [3.8, 4) is 0 Å². The third-order valence-electron chi connectivity index (χ3n) is 1.22. The van der Waals surface area contributed by atoms with Gasteiger partial charge >= 0.3 is 18.6 Å². The summed E-state index contributed by atoms with van der Waals surface area (Å²) in [6, 6.07) is 0. The van der Waals surface area contributed by atoms with Gasteiger partial charge in [0.15, 0.2) is 17.3 Å². The van der Waals surface area contributed by atoms with Crippen molar-refractivity contribution in [3.05, 3.63) is 35.5 Å². The Balaban J connectivity index is -0.0000000675. The van der Waals surface area contributed by atoms with Crippen molar-refractivity contribution in [2.24, 2.45) is 0 Å². The molecule has 0 amide bonds. The Morgan fingerprint density at radius 3 is 0.696 bits per heavy atom. The fourth-order valence-electron chi connectivity index (χ4n) is 0.859. The molecule has 0 aliphatic carbocycles. The molecule has 0 aromatic heterocycles. The summed E-state index contributed by atoms with van der Waals surface area (Å²) in [6.07, 6.45) is 3.17. The molecule has 0 rings (SSSR count). The van der Waals surface area contributed by atoms with Crippen molar-refractivity contribution in [2.75, 3.05) is 0 Å². The molecule has 2 N–H and O–H groups in total. The minimum atomic E-state index is -0.187. The second-order valence-corrected chi connectivity index (χ2v) is 4.10. The van der Waals surface area contributed by atoms with Crippen LogP contribution in [0.1, 0.15) is 41.5 Å². The average Bonchev–Trinajstić information content (AvgIpc) is 2.10. The van der Waals surface area contributed by atoms with E-state index in [4.69, 9.17) is 0 Å². The normalized spacial score (nSPS) is 10.4. The third-order valence-corrected chi connectivity index (χ3v) is 1.22. The van der Waals surface area contributed by atoms with E-state index < -0.39 is 0 Å². The minimum absolute atomic E-state index is 0. The fourth-order valence-corrected chi connectivity index (χ4v) is 0.859. The van der Waals surface area contributed by atoms with E-state index in [-0.39, 0.29) is 58.7 Å². The van der Waals surface area contributed by atoms with Crippen LogP contribution in [0.5, 0.6) is 0 Å². The van der Waals surface area contributed by atoms with Crippen LogP contribution in [-0.4, -0.2) is 22.8 Å². The number of carbonyl (C=O) groups excluding carboxylic acids is 3. The Labute approximate surface area is 148 Å². The molecule has 8 heteroatoms. The summed E-state index contributed by atoms with van der Waals surface area (Å²) in [5, 5.41) is 29.9. The molecule has 0 aromatic rings. The summed E-state index contributed by atoms with van der Waals surface area (Å²) in [7, 11) is 0. The van der Waals surface area contributed by atoms with Gasteiger partial charge in [-0.3, -0.25) is 14.4 Å². The number of hydrogen-bond donors (Lipinski definition) is 0. The maximum absolute atomic E-state index is 9.98. The van der Waals surface area contributed by atoms with E-state index >= 15 is 0 Å². The first-order valence-corrected chi connectivity index (χ1v) is 5.96. The van der Waals surface area contributed by atoms with Gasteiger partial charge in [0.25, 0.3) is 0 Å². The van der Waals surface area contributed by atoms with E-state index in [1.54, 1.807) is 0 Å². The second kappa shape index (κ2) is 20.2. The smallest absolute Gasteiger partial charge is 0.876 e. The van der Waals surface area contributed by atoms with Crippen molar-refractivity contribution < 1.29 is 53.7 Å². The van der Waals surface area contributed by atoms with Crippen LogP contribution in [-0.2, 0) is 32.9 Å². The summed E-state index contributed by atoms with van der Waals surface area (Å²) in [6.45, 7) is 8.09. The van der Waals surface area contributed by atoms with Crippen LogP contribution >= 0.6 is 0 Å². The topological polar surface area (TPSA) is 152 Å². The molecule has 0 aromatic carbocycles. The zero-order chi connectivity index (χ0) is 17.6. The van der Waals surface area contributed by atoms with E-state index in [1.165, 1.54) is 41.5 Å². The van der Waals surface area contributed by atoms with Gasteiger partial charge in [0.05, 0.1) is 0 Å². The first-order chi connectivity index (χ1) is 9.38. The van der Waals surface area contributed by atoms with Gasteiger partial charge in [-0.25, -0.2) is 0 Å². The molecule has 0 heterocycles. The van der Waals surface area contributed by atoms with E-state index in [1.807, 2.05) is 0 Å². The van der Waals surface area contributed by atoms with Crippen molar-refractivity contribution in [3.63, 3.8) is 0 Å². The van der Waals surface area contributed by atoms with Crippen molar-refractivity contribution in [1.29, 1.82) is 0 Å². The Morgan fingerprint density at radius 1 is 0.565 bits per heavy atom. The Kier molecular flexibility index (Phi) is 28.9. The quantitative estimate of drug-likeness (QED) is 0.447. The van der Waals surface area contributed by atoms with E-state index in [9.17, 15) is 29.7 Å². The van der Waals surface area contributed by atoms with Gasteiger partial charge in [0.2, 0.25) is 0 Å². The summed E-state index contributed by atoms with van der Waals surface area (Å²) in [5.41, 5.74) is 0. The van der Waals surface area contributed by atoms with Gasteiger partial charge in [-0.05, 0) is 39.0 Å². The summed E-state index contributed by atoms with van der Waals surface area (Å²) in [4.78, 5) is 29.9. The molecule has 0 unspecified atom stereocenters. The van der Waals surface area contributed by atoms with E-state index in [2.05, 4.69) is 0 Å². The maximum atomic E-state index is 9.98. The fraction of sp³-hybridized carbons (Fsp3) is 0.400. The van der Waals surface area contributed by atoms with Gasteiger partial charge < -0.3 is 20.8 Å². The molecule has 0 aliphatic heterocycles. The molecular formula is C15H23O7V. The Morgan fingerprint density at radius 2 is 0.696 bits per heavy atom. The van der Waals surface area contributed by atoms with Crippen molar-refractivity contribution in [1.82, 2.24) is 0 Å². The number of rotatable bonds is 3. The molecule has 0 spiro atoms. The molecule has 0 aliphatic rings. The molecule has 23 heavy (non-hydrogen) atoms. The minimum Gasteiger partial charge on any atom is -0.876 e. The van der Waals surface area contributed by atoms with Crippen LogP contribution in [0.2, 0.25) is 0 Å². The van der Waals surface area contributed by atoms with Crippen LogP contribution in [0.3, 0.4) is 0 Å². The van der Waals surface area contributed by atoms with Crippen LogP contribution in [0.25, 0.3) is 0 Å². The molecule has 7 nitrogen and oxygen atoms in total. The SMILES string of the molecule is CC(=O)/C=C(/C)[O-].CC(=O)/C=C(/C)[O-].CC(=O)/C=C(/C)[O-].O.[V+3]. The second-order valence-electron chi connectivity index (χ2n) is 4.10. The first kappa shape index (κ1) is 32.9. The molecule has 0 atom stereocenters. The van der Waals surface area contributed by atoms with Crippen molar-refractivity contribution >= 4 is 17.3 Å². The first-order valence-electron chi connectivity index (χ1n) is 5.96. The zero-order valence-corrected chi connectivity index (χ0v) is 15.5. The summed E-state index contributed by atoms with van der Waals surface area (Å²) in [5.74, 6) is -1.12. The number of allylic oxidation sites excluding steroid dienone is 6. The van der Waals surface area contributed by atoms with Gasteiger partial charge in [-0.15, -0.1) is 17.3 Å². The predicted molar refractivity (Wildman–Crippen MR) is 76.9 cm³/mol. The van der Waals surface area contributed by atoms with Crippen LogP contribution in [0.15, 0.2) is 35.5 Å². The van der Waals surface area contributed by atoms with Crippen molar-refractivity contribution in [2.45, 2.75) is 41.5 Å². The van der Waals surface area contributed by atoms with E-state index in [0.29, 0.717) is 0 Å². The average molecular weight is 366 g/mol. The molecule has 0 saturated carbocycles. The van der Waals surface area contributed by atoms with Gasteiger partial charge in [0.1, 0.15) is 0 Å². The molecule has 0 bridgehead atoms. The standard InChI is InChI=1S/3C5H8O2.H2O.V/c3*1-4(6)3-5(2)7;;/h3*3,6H,1-2H3;1H2;/q;;;;+3/p-3/b3*4-3-;;. The van der Waals surface area contributed by atoms with Crippen LogP contribution in [0.4, 0.5) is 0 Å².